The summed E-state index contributed by atoms with van der Waals surface area (Å²) in [6.45, 7) is 2.18. The first-order valence-corrected chi connectivity index (χ1v) is 9.84. The number of hydrogen-bond acceptors (Lipinski definition) is 6. The molecule has 0 unspecified atom stereocenters. The van der Waals surface area contributed by atoms with Crippen LogP contribution in [-0.4, -0.2) is 40.9 Å². The van der Waals surface area contributed by atoms with Crippen molar-refractivity contribution in [3.63, 3.8) is 0 Å². The van der Waals surface area contributed by atoms with Gasteiger partial charge in [-0.15, -0.1) is 5.10 Å². The molecule has 0 aliphatic heterocycles. The Labute approximate surface area is 181 Å². The Morgan fingerprint density at radius 2 is 1.84 bits per heavy atom. The number of tetrazole rings is 1. The van der Waals surface area contributed by atoms with Gasteiger partial charge in [-0.25, -0.2) is 23.0 Å². The first-order valence-electron chi connectivity index (χ1n) is 9.84. The maximum atomic E-state index is 14.4. The lowest BCUT2D eigenvalue weighted by molar-refractivity contribution is 0.185. The monoisotopic (exact) mass is 433 g/mol. The molecule has 0 amide bonds. The summed E-state index contributed by atoms with van der Waals surface area (Å²) in [7, 11) is 0. The highest BCUT2D eigenvalue weighted by Gasteiger charge is 2.14. The van der Waals surface area contributed by atoms with Crippen LogP contribution in [0.15, 0.2) is 67.3 Å². The molecule has 0 N–H and O–H groups in total. The van der Waals surface area contributed by atoms with E-state index in [2.05, 4.69) is 20.6 Å². The van der Waals surface area contributed by atoms with Crippen LogP contribution >= 0.6 is 0 Å². The van der Waals surface area contributed by atoms with Gasteiger partial charge in [0.05, 0.1) is 18.4 Å². The summed E-state index contributed by atoms with van der Waals surface area (Å²) >= 11 is 0. The predicted molar refractivity (Wildman–Crippen MR) is 112 cm³/mol. The third-order valence-electron chi connectivity index (χ3n) is 4.92. The Bertz CT molecular complexity index is 1370. The molecule has 0 radical (unpaired) electrons. The molecule has 0 saturated heterocycles. The van der Waals surface area contributed by atoms with Crippen molar-refractivity contribution in [1.82, 2.24) is 34.8 Å². The highest BCUT2D eigenvalue weighted by Crippen LogP contribution is 2.29. The zero-order chi connectivity index (χ0) is 22.1. The molecule has 0 saturated carbocycles. The van der Waals surface area contributed by atoms with Gasteiger partial charge in [-0.2, -0.15) is 5.10 Å². The number of rotatable bonds is 6. The molecular formula is C22H17F2N7O. The third kappa shape index (κ3) is 3.89. The fourth-order valence-electron chi connectivity index (χ4n) is 3.40. The standard InChI is InChI=1S/C22H17F2N7O/c1-14(12-30-13-25-28-29-30)32-21-10-16(4-7-19(21)24)20-8-9-31-22(27-20)18(11-26-31)15-2-5-17(23)6-3-15/h2-11,13-14H,12H2,1H3/t14-/m0/s1. The van der Waals surface area contributed by atoms with E-state index >= 15 is 0 Å². The largest absolute Gasteiger partial charge is 0.486 e. The van der Waals surface area contributed by atoms with E-state index in [1.807, 2.05) is 0 Å². The van der Waals surface area contributed by atoms with Crippen LogP contribution in [0.2, 0.25) is 0 Å². The predicted octanol–water partition coefficient (Wildman–Crippen LogP) is 3.80. The number of benzene rings is 2. The van der Waals surface area contributed by atoms with Crippen molar-refractivity contribution in [1.29, 1.82) is 0 Å². The average molecular weight is 433 g/mol. The molecular weight excluding hydrogens is 416 g/mol. The van der Waals surface area contributed by atoms with Crippen molar-refractivity contribution < 1.29 is 13.5 Å². The van der Waals surface area contributed by atoms with Crippen molar-refractivity contribution in [2.75, 3.05) is 0 Å². The van der Waals surface area contributed by atoms with Crippen molar-refractivity contribution >= 4 is 5.65 Å². The van der Waals surface area contributed by atoms with Gasteiger partial charge in [0.2, 0.25) is 0 Å². The second-order valence-electron chi connectivity index (χ2n) is 7.25. The molecule has 5 rings (SSSR count). The minimum atomic E-state index is -0.477. The van der Waals surface area contributed by atoms with Gasteiger partial charge in [0.25, 0.3) is 0 Å². The number of hydrogen-bond donors (Lipinski definition) is 0. The Kier molecular flexibility index (Phi) is 5.02. The minimum Gasteiger partial charge on any atom is -0.486 e. The maximum absolute atomic E-state index is 14.4. The highest BCUT2D eigenvalue weighted by molar-refractivity contribution is 5.78. The Balaban J connectivity index is 1.46. The Hall–Kier alpha value is -4.21. The molecule has 0 aliphatic rings. The van der Waals surface area contributed by atoms with Crippen molar-refractivity contribution in [3.05, 3.63) is 78.9 Å². The molecule has 3 heterocycles. The van der Waals surface area contributed by atoms with E-state index in [1.165, 1.54) is 29.2 Å². The van der Waals surface area contributed by atoms with Crippen LogP contribution in [0.25, 0.3) is 28.0 Å². The zero-order valence-electron chi connectivity index (χ0n) is 16.9. The Morgan fingerprint density at radius 3 is 2.62 bits per heavy atom. The molecule has 3 aromatic heterocycles. The van der Waals surface area contributed by atoms with Gasteiger partial charge in [0.1, 0.15) is 18.2 Å². The number of aromatic nitrogens is 7. The molecule has 2 aromatic carbocycles. The molecule has 1 atom stereocenters. The van der Waals surface area contributed by atoms with E-state index in [0.717, 1.165) is 11.1 Å². The first-order chi connectivity index (χ1) is 15.6. The van der Waals surface area contributed by atoms with Crippen LogP contribution in [0, 0.1) is 11.6 Å². The summed E-state index contributed by atoms with van der Waals surface area (Å²) in [6.07, 6.45) is 4.56. The summed E-state index contributed by atoms with van der Waals surface area (Å²) in [5, 5.41) is 15.3. The SMILES string of the molecule is C[C@@H](Cn1cnnn1)Oc1cc(-c2ccn3ncc(-c4ccc(F)cc4)c3n2)ccc1F. The van der Waals surface area contributed by atoms with Crippen LogP contribution in [-0.2, 0) is 6.54 Å². The number of halogens is 2. The van der Waals surface area contributed by atoms with Gasteiger partial charge >= 0.3 is 0 Å². The summed E-state index contributed by atoms with van der Waals surface area (Å²) in [5.74, 6) is -0.682. The number of ether oxygens (including phenoxy) is 1. The molecule has 8 nitrogen and oxygen atoms in total. The summed E-state index contributed by atoms with van der Waals surface area (Å²) in [6, 6.07) is 12.5. The fraction of sp³-hybridized carbons (Fsp3) is 0.136. The van der Waals surface area contributed by atoms with Crippen LogP contribution in [0.4, 0.5) is 8.78 Å². The maximum Gasteiger partial charge on any atom is 0.165 e. The van der Waals surface area contributed by atoms with E-state index in [1.54, 1.807) is 54.2 Å². The van der Waals surface area contributed by atoms with Crippen LogP contribution in [0.1, 0.15) is 6.92 Å². The lowest BCUT2D eigenvalue weighted by Crippen LogP contribution is -2.20. The summed E-state index contributed by atoms with van der Waals surface area (Å²) < 4.78 is 36.6. The lowest BCUT2D eigenvalue weighted by Gasteiger charge is -2.15. The summed E-state index contributed by atoms with van der Waals surface area (Å²) in [4.78, 5) is 4.71. The van der Waals surface area contributed by atoms with Crippen LogP contribution in [0.3, 0.4) is 0 Å². The van der Waals surface area contributed by atoms with Crippen LogP contribution < -0.4 is 4.74 Å². The van der Waals surface area contributed by atoms with Gasteiger partial charge in [-0.3, -0.25) is 0 Å². The van der Waals surface area contributed by atoms with E-state index in [4.69, 9.17) is 9.72 Å². The molecule has 0 spiro atoms. The molecule has 5 aromatic rings. The van der Waals surface area contributed by atoms with Crippen molar-refractivity contribution in [2.45, 2.75) is 19.6 Å². The smallest absolute Gasteiger partial charge is 0.165 e. The van der Waals surface area contributed by atoms with Crippen molar-refractivity contribution in [2.24, 2.45) is 0 Å². The van der Waals surface area contributed by atoms with Crippen molar-refractivity contribution in [3.8, 4) is 28.1 Å². The number of nitrogens with zero attached hydrogens (tertiary/aromatic N) is 7. The lowest BCUT2D eigenvalue weighted by atomic mass is 10.1. The third-order valence-corrected chi connectivity index (χ3v) is 4.92. The summed E-state index contributed by atoms with van der Waals surface area (Å²) in [5.41, 5.74) is 3.48. The molecule has 32 heavy (non-hydrogen) atoms. The normalized spacial score (nSPS) is 12.2. The zero-order valence-corrected chi connectivity index (χ0v) is 16.9. The minimum absolute atomic E-state index is 0.108. The molecule has 0 fully saturated rings. The quantitative estimate of drug-likeness (QED) is 0.405. The topological polar surface area (TPSA) is 83.0 Å². The Morgan fingerprint density at radius 1 is 1.03 bits per heavy atom. The van der Waals surface area contributed by atoms with E-state index in [9.17, 15) is 8.78 Å². The van der Waals surface area contributed by atoms with Crippen LogP contribution in [0.5, 0.6) is 5.75 Å². The fourth-order valence-corrected chi connectivity index (χ4v) is 3.40. The molecule has 0 aliphatic carbocycles. The second kappa shape index (κ2) is 8.14. The van der Waals surface area contributed by atoms with Gasteiger partial charge in [0.15, 0.2) is 17.2 Å². The first kappa shape index (κ1) is 19.7. The second-order valence-corrected chi connectivity index (χ2v) is 7.25. The van der Waals surface area contributed by atoms with Gasteiger partial charge in [-0.05, 0) is 59.3 Å². The van der Waals surface area contributed by atoms with Gasteiger partial charge < -0.3 is 4.74 Å². The van der Waals surface area contributed by atoms with E-state index < -0.39 is 5.82 Å². The highest BCUT2D eigenvalue weighted by atomic mass is 19.1. The van der Waals surface area contributed by atoms with Gasteiger partial charge in [0, 0.05) is 17.3 Å². The number of fused-ring (bicyclic) bond motifs is 1. The van der Waals surface area contributed by atoms with E-state index in [0.29, 0.717) is 23.4 Å². The average Bonchev–Trinajstić information content (AvgIpc) is 3.45. The molecule has 10 heteroatoms. The van der Waals surface area contributed by atoms with Gasteiger partial charge in [-0.1, -0.05) is 12.1 Å². The molecule has 160 valence electrons. The molecule has 0 bridgehead atoms. The van der Waals surface area contributed by atoms with E-state index in [-0.39, 0.29) is 17.7 Å².